The average Bonchev–Trinajstić information content (AvgIpc) is 2.81. The Morgan fingerprint density at radius 1 is 1.06 bits per heavy atom. The minimum atomic E-state index is -0.403. The van der Waals surface area contributed by atoms with Crippen LogP contribution >= 0.6 is 0 Å². The van der Waals surface area contributed by atoms with Crippen LogP contribution in [0.2, 0.25) is 0 Å². The van der Waals surface area contributed by atoms with Crippen molar-refractivity contribution in [2.75, 3.05) is 31.4 Å². The summed E-state index contributed by atoms with van der Waals surface area (Å²) in [6, 6.07) is 10.2. The van der Waals surface area contributed by atoms with Gasteiger partial charge in [-0.25, -0.2) is 4.79 Å². The van der Waals surface area contributed by atoms with E-state index in [4.69, 9.17) is 14.2 Å². The number of fused-ring (bicyclic) bond motifs is 2. The number of carbonyl (C=O) groups excluding carboxylic acids is 3. The first-order chi connectivity index (χ1) is 16.7. The molecule has 2 aliphatic heterocycles. The van der Waals surface area contributed by atoms with E-state index in [1.165, 1.54) is 7.11 Å². The van der Waals surface area contributed by atoms with Crippen molar-refractivity contribution in [3.8, 4) is 5.75 Å². The Labute approximate surface area is 204 Å². The van der Waals surface area contributed by atoms with Gasteiger partial charge in [0.25, 0.3) is 5.91 Å². The van der Waals surface area contributed by atoms with Gasteiger partial charge in [0, 0.05) is 18.4 Å². The maximum absolute atomic E-state index is 13.3. The molecule has 1 fully saturated rings. The maximum Gasteiger partial charge on any atom is 0.323 e. The van der Waals surface area contributed by atoms with Gasteiger partial charge in [0.2, 0.25) is 0 Å². The molecule has 2 aromatic carbocycles. The van der Waals surface area contributed by atoms with Gasteiger partial charge in [-0.1, -0.05) is 6.07 Å². The molecule has 35 heavy (non-hydrogen) atoms. The van der Waals surface area contributed by atoms with E-state index < -0.39 is 6.03 Å². The van der Waals surface area contributed by atoms with Crippen molar-refractivity contribution >= 4 is 29.3 Å². The zero-order chi connectivity index (χ0) is 25.1. The van der Waals surface area contributed by atoms with Crippen LogP contribution < -0.4 is 15.4 Å². The van der Waals surface area contributed by atoms with E-state index >= 15 is 0 Å². The van der Waals surface area contributed by atoms with Gasteiger partial charge in [-0.2, -0.15) is 0 Å². The third-order valence-electron chi connectivity index (χ3n) is 6.37. The summed E-state index contributed by atoms with van der Waals surface area (Å²) in [4.78, 5) is 39.2. The monoisotopic (exact) mass is 481 g/mol. The summed E-state index contributed by atoms with van der Waals surface area (Å²) in [5.74, 6) is -0.126. The summed E-state index contributed by atoms with van der Waals surface area (Å²) in [6.45, 7) is 4.18. The Kier molecular flexibility index (Phi) is 7.25. The Hall–Kier alpha value is -3.59. The number of esters is 1. The van der Waals surface area contributed by atoms with Gasteiger partial charge < -0.3 is 29.7 Å². The second kappa shape index (κ2) is 10.4. The van der Waals surface area contributed by atoms with E-state index in [-0.39, 0.29) is 43.2 Å². The highest BCUT2D eigenvalue weighted by Crippen LogP contribution is 2.32. The minimum Gasteiger partial charge on any atom is -0.490 e. The summed E-state index contributed by atoms with van der Waals surface area (Å²) in [5.41, 5.74) is 3.64. The second-order valence-electron chi connectivity index (χ2n) is 9.12. The van der Waals surface area contributed by atoms with E-state index in [0.29, 0.717) is 35.5 Å². The first-order valence-electron chi connectivity index (χ1n) is 11.7. The fourth-order valence-corrected chi connectivity index (χ4v) is 4.71. The number of hydrogen-bond acceptors (Lipinski definition) is 6. The number of ether oxygens (including phenoxy) is 3. The highest BCUT2D eigenvalue weighted by Gasteiger charge is 2.39. The molecule has 3 amide bonds. The van der Waals surface area contributed by atoms with Crippen molar-refractivity contribution in [3.05, 3.63) is 53.1 Å². The van der Waals surface area contributed by atoms with Crippen LogP contribution in [0.15, 0.2) is 36.4 Å². The first-order valence-corrected chi connectivity index (χ1v) is 11.7. The number of benzene rings is 2. The van der Waals surface area contributed by atoms with E-state index in [1.54, 1.807) is 30.1 Å². The third-order valence-corrected chi connectivity index (χ3v) is 6.37. The predicted octanol–water partition coefficient (Wildman–Crippen LogP) is 3.89. The molecule has 2 N–H and O–H groups in total. The van der Waals surface area contributed by atoms with Crippen LogP contribution in [0.5, 0.6) is 5.75 Å². The fourth-order valence-electron chi connectivity index (χ4n) is 4.71. The SMILES string of the molecule is COC(=O)C[C@H]1CC[C@H]2[C@H](COc3ccc(NC(=O)Nc4cc(C)cc(C)c4)cc3C(=O)N2C)O1. The molecule has 186 valence electrons. The predicted molar refractivity (Wildman–Crippen MR) is 131 cm³/mol. The Balaban J connectivity index is 1.47. The second-order valence-corrected chi connectivity index (χ2v) is 9.12. The highest BCUT2D eigenvalue weighted by atomic mass is 16.5. The number of hydrogen-bond donors (Lipinski definition) is 2. The number of nitrogens with one attached hydrogen (secondary N) is 2. The molecule has 0 radical (unpaired) electrons. The van der Waals surface area contributed by atoms with Crippen molar-refractivity contribution in [2.24, 2.45) is 0 Å². The minimum absolute atomic E-state index is 0.174. The number of likely N-dealkylation sites (N-methyl/N-ethyl adjacent to an activating group) is 1. The number of nitrogens with zero attached hydrogens (tertiary/aromatic N) is 1. The zero-order valence-electron chi connectivity index (χ0n) is 20.4. The van der Waals surface area contributed by atoms with Crippen LogP contribution in [-0.2, 0) is 14.3 Å². The Morgan fingerprint density at radius 3 is 2.49 bits per heavy atom. The molecular weight excluding hydrogens is 450 g/mol. The standard InChI is InChI=1S/C26H31N3O6/c1-15-9-16(2)11-18(10-15)28-26(32)27-17-5-8-22-20(12-17)25(31)29(3)21-7-6-19(13-24(30)33-4)35-23(21)14-34-22/h5,8-12,19,21,23H,6-7,13-14H2,1-4H3,(H2,27,28,32)/t19-,21+,23+/m1/s1. The molecule has 4 rings (SSSR count). The molecule has 0 aromatic heterocycles. The van der Waals surface area contributed by atoms with Gasteiger partial charge in [0.05, 0.1) is 31.2 Å². The summed E-state index contributed by atoms with van der Waals surface area (Å²) >= 11 is 0. The molecule has 0 saturated carbocycles. The molecule has 2 heterocycles. The molecule has 2 aliphatic rings. The van der Waals surface area contributed by atoms with Crippen LogP contribution in [-0.4, -0.2) is 61.8 Å². The smallest absolute Gasteiger partial charge is 0.323 e. The van der Waals surface area contributed by atoms with Gasteiger partial charge in [0.1, 0.15) is 18.5 Å². The summed E-state index contributed by atoms with van der Waals surface area (Å²) < 4.78 is 16.8. The number of aryl methyl sites for hydroxylation is 2. The number of carbonyl (C=O) groups is 3. The van der Waals surface area contributed by atoms with Gasteiger partial charge in [0.15, 0.2) is 0 Å². The quantitative estimate of drug-likeness (QED) is 0.642. The normalized spacial score (nSPS) is 21.5. The number of urea groups is 1. The number of amides is 3. The Morgan fingerprint density at radius 2 is 1.77 bits per heavy atom. The molecule has 0 unspecified atom stereocenters. The summed E-state index contributed by atoms with van der Waals surface area (Å²) in [7, 11) is 3.10. The molecule has 1 saturated heterocycles. The van der Waals surface area contributed by atoms with Crippen molar-refractivity contribution in [3.63, 3.8) is 0 Å². The largest absolute Gasteiger partial charge is 0.490 e. The van der Waals surface area contributed by atoms with E-state index in [1.807, 2.05) is 32.0 Å². The van der Waals surface area contributed by atoms with E-state index in [9.17, 15) is 14.4 Å². The van der Waals surface area contributed by atoms with Crippen LogP contribution in [0.4, 0.5) is 16.2 Å². The van der Waals surface area contributed by atoms with Crippen molar-refractivity contribution in [1.82, 2.24) is 4.90 Å². The van der Waals surface area contributed by atoms with E-state index in [2.05, 4.69) is 10.6 Å². The molecule has 0 spiro atoms. The zero-order valence-corrected chi connectivity index (χ0v) is 20.4. The number of anilines is 2. The van der Waals surface area contributed by atoms with Crippen LogP contribution in [0.1, 0.15) is 40.7 Å². The van der Waals surface area contributed by atoms with Crippen LogP contribution in [0, 0.1) is 13.8 Å². The van der Waals surface area contributed by atoms with Gasteiger partial charge in [-0.3, -0.25) is 9.59 Å². The van der Waals surface area contributed by atoms with Crippen molar-refractivity contribution < 1.29 is 28.6 Å². The average molecular weight is 482 g/mol. The molecule has 0 bridgehead atoms. The summed E-state index contributed by atoms with van der Waals surface area (Å²) in [6.07, 6.45) is 0.872. The number of methoxy groups -OCH3 is 1. The molecule has 3 atom stereocenters. The lowest BCUT2D eigenvalue weighted by atomic mass is 9.94. The lowest BCUT2D eigenvalue weighted by molar-refractivity contribution is -0.151. The first kappa shape index (κ1) is 24.5. The van der Waals surface area contributed by atoms with Crippen molar-refractivity contribution in [1.29, 1.82) is 0 Å². The van der Waals surface area contributed by atoms with E-state index in [0.717, 1.165) is 11.1 Å². The van der Waals surface area contributed by atoms with Crippen LogP contribution in [0.25, 0.3) is 0 Å². The third kappa shape index (κ3) is 5.74. The lowest BCUT2D eigenvalue weighted by Crippen LogP contribution is -2.53. The van der Waals surface area contributed by atoms with Crippen molar-refractivity contribution in [2.45, 2.75) is 51.4 Å². The Bertz CT molecular complexity index is 1110. The molecular formula is C26H31N3O6. The van der Waals surface area contributed by atoms with Gasteiger partial charge >= 0.3 is 12.0 Å². The molecule has 0 aliphatic carbocycles. The lowest BCUT2D eigenvalue weighted by Gasteiger charge is -2.42. The topological polar surface area (TPSA) is 106 Å². The summed E-state index contributed by atoms with van der Waals surface area (Å²) in [5, 5.41) is 5.62. The van der Waals surface area contributed by atoms with Gasteiger partial charge in [-0.05, 0) is 68.1 Å². The number of rotatable bonds is 4. The van der Waals surface area contributed by atoms with Gasteiger partial charge in [-0.15, -0.1) is 0 Å². The fraction of sp³-hybridized carbons (Fsp3) is 0.423. The highest BCUT2D eigenvalue weighted by molar-refractivity contribution is 6.02. The van der Waals surface area contributed by atoms with Crippen LogP contribution in [0.3, 0.4) is 0 Å². The molecule has 9 nitrogen and oxygen atoms in total. The molecule has 9 heteroatoms. The molecule has 2 aromatic rings. The maximum atomic E-state index is 13.3.